The van der Waals surface area contributed by atoms with Gasteiger partial charge in [0, 0.05) is 12.2 Å². The summed E-state index contributed by atoms with van der Waals surface area (Å²) in [5, 5.41) is 4.22. The number of methoxy groups -OCH3 is 1. The molecule has 1 heterocycles. The van der Waals surface area contributed by atoms with Crippen LogP contribution in [0, 0.1) is 0 Å². The molecule has 0 aromatic carbocycles. The summed E-state index contributed by atoms with van der Waals surface area (Å²) >= 11 is 0. The van der Waals surface area contributed by atoms with Crippen molar-refractivity contribution < 1.29 is 28.7 Å². The van der Waals surface area contributed by atoms with Crippen LogP contribution in [0.1, 0.15) is 0 Å². The molecule has 0 aromatic heterocycles. The van der Waals surface area contributed by atoms with Gasteiger partial charge in [-0.3, -0.25) is 10.1 Å². The third-order valence-corrected chi connectivity index (χ3v) is 1.81. The van der Waals surface area contributed by atoms with E-state index in [2.05, 4.69) is 14.8 Å². The van der Waals surface area contributed by atoms with Crippen molar-refractivity contribution >= 4 is 23.9 Å². The predicted molar refractivity (Wildman–Crippen MR) is 52.6 cm³/mol. The summed E-state index contributed by atoms with van der Waals surface area (Å²) in [6, 6.07) is -1.54. The van der Waals surface area contributed by atoms with E-state index in [1.165, 1.54) is 0 Å². The molecule has 1 atom stereocenters. The van der Waals surface area contributed by atoms with E-state index in [1.54, 1.807) is 0 Å². The number of esters is 2. The summed E-state index contributed by atoms with van der Waals surface area (Å²) in [5.74, 6) is -2.09. The third-order valence-electron chi connectivity index (χ3n) is 1.81. The number of hydrogen-bond acceptors (Lipinski definition) is 6. The third kappa shape index (κ3) is 3.93. The van der Waals surface area contributed by atoms with Crippen molar-refractivity contribution in [2.24, 2.45) is 0 Å². The van der Waals surface area contributed by atoms with E-state index >= 15 is 0 Å². The van der Waals surface area contributed by atoms with Gasteiger partial charge in [-0.15, -0.1) is 0 Å². The van der Waals surface area contributed by atoms with Gasteiger partial charge in [0.05, 0.1) is 7.11 Å². The SMILES string of the molecule is COC(=O)/C=C/C(=O)OC[C@H]1NC(=O)NC1=O. The second-order valence-corrected chi connectivity index (χ2v) is 3.00. The fraction of sp³-hybridized carbons (Fsp3) is 0.333. The van der Waals surface area contributed by atoms with Gasteiger partial charge in [0.25, 0.3) is 5.91 Å². The minimum absolute atomic E-state index is 0.304. The van der Waals surface area contributed by atoms with E-state index in [-0.39, 0.29) is 6.61 Å². The van der Waals surface area contributed by atoms with E-state index in [0.717, 1.165) is 19.3 Å². The molecule has 92 valence electrons. The van der Waals surface area contributed by atoms with Gasteiger partial charge in [0.15, 0.2) is 0 Å². The molecule has 0 aromatic rings. The van der Waals surface area contributed by atoms with Crippen molar-refractivity contribution in [1.29, 1.82) is 0 Å². The standard InChI is InChI=1S/C9H10N2O6/c1-16-6(12)2-3-7(13)17-4-5-8(14)11-9(15)10-5/h2-3,5H,4H2,1H3,(H2,10,11,14,15)/b3-2+/t5-/m1/s1. The quantitative estimate of drug-likeness (QED) is 0.351. The monoisotopic (exact) mass is 242 g/mol. The van der Waals surface area contributed by atoms with Gasteiger partial charge in [-0.1, -0.05) is 0 Å². The highest BCUT2D eigenvalue weighted by molar-refractivity contribution is 6.04. The number of rotatable bonds is 4. The molecule has 2 N–H and O–H groups in total. The summed E-state index contributed by atoms with van der Waals surface area (Å²) in [5.41, 5.74) is 0. The molecule has 8 nitrogen and oxygen atoms in total. The summed E-state index contributed by atoms with van der Waals surface area (Å²) < 4.78 is 8.89. The van der Waals surface area contributed by atoms with E-state index < -0.39 is 29.9 Å². The van der Waals surface area contributed by atoms with Crippen LogP contribution in [0.4, 0.5) is 4.79 Å². The first-order valence-corrected chi connectivity index (χ1v) is 4.57. The predicted octanol–water partition coefficient (Wildman–Crippen LogP) is -1.53. The summed E-state index contributed by atoms with van der Waals surface area (Å²) in [4.78, 5) is 43.4. The Morgan fingerprint density at radius 1 is 1.29 bits per heavy atom. The van der Waals surface area contributed by atoms with Gasteiger partial charge in [0.1, 0.15) is 12.6 Å². The number of ether oxygens (including phenoxy) is 2. The Hall–Kier alpha value is -2.38. The fourth-order valence-electron chi connectivity index (χ4n) is 0.994. The number of amides is 3. The van der Waals surface area contributed by atoms with Gasteiger partial charge < -0.3 is 14.8 Å². The Morgan fingerprint density at radius 3 is 2.47 bits per heavy atom. The van der Waals surface area contributed by atoms with Crippen molar-refractivity contribution in [3.8, 4) is 0 Å². The van der Waals surface area contributed by atoms with Crippen LogP contribution in [0.3, 0.4) is 0 Å². The zero-order valence-electron chi connectivity index (χ0n) is 8.89. The molecule has 1 aliphatic rings. The van der Waals surface area contributed by atoms with Crippen molar-refractivity contribution in [2.75, 3.05) is 13.7 Å². The second kappa shape index (κ2) is 5.64. The molecular weight excluding hydrogens is 232 g/mol. The zero-order valence-corrected chi connectivity index (χ0v) is 8.89. The normalized spacial score (nSPS) is 18.8. The van der Waals surface area contributed by atoms with Crippen LogP contribution in [0.25, 0.3) is 0 Å². The smallest absolute Gasteiger partial charge is 0.331 e. The number of nitrogens with one attached hydrogen (secondary N) is 2. The van der Waals surface area contributed by atoms with Crippen molar-refractivity contribution in [3.05, 3.63) is 12.2 Å². The molecule has 1 aliphatic heterocycles. The minimum Gasteiger partial charge on any atom is -0.466 e. The number of urea groups is 1. The summed E-state index contributed by atoms with van der Waals surface area (Å²) in [7, 11) is 1.16. The topological polar surface area (TPSA) is 111 Å². The lowest BCUT2D eigenvalue weighted by Gasteiger charge is -2.06. The molecule has 3 amide bonds. The van der Waals surface area contributed by atoms with Crippen LogP contribution in [0.5, 0.6) is 0 Å². The van der Waals surface area contributed by atoms with Gasteiger partial charge in [-0.05, 0) is 0 Å². The first-order valence-electron chi connectivity index (χ1n) is 4.57. The van der Waals surface area contributed by atoms with Gasteiger partial charge >= 0.3 is 18.0 Å². The van der Waals surface area contributed by atoms with E-state index in [0.29, 0.717) is 0 Å². The molecule has 1 rings (SSSR count). The Bertz CT molecular complexity index is 389. The number of carbonyl (C=O) groups excluding carboxylic acids is 4. The Labute approximate surface area is 95.9 Å². The highest BCUT2D eigenvalue weighted by Crippen LogP contribution is 1.95. The Kier molecular flexibility index (Phi) is 4.21. The summed E-state index contributed by atoms with van der Waals surface area (Å²) in [6.45, 7) is -0.304. The molecule has 0 unspecified atom stereocenters. The van der Waals surface area contributed by atoms with Crippen LogP contribution < -0.4 is 10.6 Å². The fourth-order valence-corrected chi connectivity index (χ4v) is 0.994. The van der Waals surface area contributed by atoms with Crippen LogP contribution in [-0.2, 0) is 23.9 Å². The van der Waals surface area contributed by atoms with Gasteiger partial charge in [-0.2, -0.15) is 0 Å². The first kappa shape index (κ1) is 12.7. The maximum absolute atomic E-state index is 11.0. The lowest BCUT2D eigenvalue weighted by molar-refractivity contribution is -0.140. The molecule has 0 bridgehead atoms. The number of carbonyl (C=O) groups is 4. The maximum atomic E-state index is 11.0. The number of hydrogen-bond donors (Lipinski definition) is 2. The molecule has 0 radical (unpaired) electrons. The van der Waals surface area contributed by atoms with Crippen LogP contribution in [-0.4, -0.2) is 43.6 Å². The van der Waals surface area contributed by atoms with Gasteiger partial charge in [-0.25, -0.2) is 14.4 Å². The second-order valence-electron chi connectivity index (χ2n) is 3.00. The number of imide groups is 1. The molecule has 0 saturated carbocycles. The Morgan fingerprint density at radius 2 is 1.94 bits per heavy atom. The highest BCUT2D eigenvalue weighted by atomic mass is 16.5. The molecule has 1 saturated heterocycles. The summed E-state index contributed by atoms with van der Waals surface area (Å²) in [6.07, 6.45) is 1.75. The van der Waals surface area contributed by atoms with E-state index in [9.17, 15) is 19.2 Å². The highest BCUT2D eigenvalue weighted by Gasteiger charge is 2.30. The first-order chi connectivity index (χ1) is 8.02. The Balaban J connectivity index is 2.34. The van der Waals surface area contributed by atoms with Crippen molar-refractivity contribution in [1.82, 2.24) is 10.6 Å². The van der Waals surface area contributed by atoms with Crippen molar-refractivity contribution in [3.63, 3.8) is 0 Å². The average molecular weight is 242 g/mol. The lowest BCUT2D eigenvalue weighted by atomic mass is 10.3. The molecule has 0 aliphatic carbocycles. The van der Waals surface area contributed by atoms with Crippen LogP contribution in [0.15, 0.2) is 12.2 Å². The lowest BCUT2D eigenvalue weighted by Crippen LogP contribution is -2.34. The molecular formula is C9H10N2O6. The van der Waals surface area contributed by atoms with Crippen molar-refractivity contribution in [2.45, 2.75) is 6.04 Å². The van der Waals surface area contributed by atoms with E-state index in [4.69, 9.17) is 0 Å². The molecule has 17 heavy (non-hydrogen) atoms. The minimum atomic E-state index is -0.905. The van der Waals surface area contributed by atoms with Crippen LogP contribution >= 0.6 is 0 Å². The zero-order chi connectivity index (χ0) is 12.8. The maximum Gasteiger partial charge on any atom is 0.331 e. The molecule has 0 spiro atoms. The largest absolute Gasteiger partial charge is 0.466 e. The average Bonchev–Trinajstić information content (AvgIpc) is 2.62. The molecule has 1 fully saturated rings. The van der Waals surface area contributed by atoms with Gasteiger partial charge in [0.2, 0.25) is 0 Å². The van der Waals surface area contributed by atoms with Crippen LogP contribution in [0.2, 0.25) is 0 Å². The van der Waals surface area contributed by atoms with E-state index in [1.807, 2.05) is 5.32 Å². The molecule has 8 heteroatoms.